The lowest BCUT2D eigenvalue weighted by molar-refractivity contribution is -0.134. The minimum atomic E-state index is -0.431. The highest BCUT2D eigenvalue weighted by Gasteiger charge is 2.44. The van der Waals surface area contributed by atoms with Crippen molar-refractivity contribution in [2.75, 3.05) is 20.2 Å². The van der Waals surface area contributed by atoms with Crippen molar-refractivity contribution in [3.8, 4) is 5.75 Å². The number of carbonyl (C=O) groups is 1. The molecule has 2 aromatic rings. The van der Waals surface area contributed by atoms with Crippen LogP contribution in [-0.4, -0.2) is 40.9 Å². The maximum atomic E-state index is 12.9. The van der Waals surface area contributed by atoms with Gasteiger partial charge in [-0.05, 0) is 31.0 Å². The lowest BCUT2D eigenvalue weighted by Gasteiger charge is -2.41. The molecule has 1 unspecified atom stereocenters. The first-order valence-electron chi connectivity index (χ1n) is 8.02. The van der Waals surface area contributed by atoms with Crippen LogP contribution in [0.4, 0.5) is 0 Å². The summed E-state index contributed by atoms with van der Waals surface area (Å²) in [5.41, 5.74) is 0.663. The van der Waals surface area contributed by atoms with Crippen molar-refractivity contribution < 1.29 is 9.53 Å². The molecule has 0 aliphatic carbocycles. The van der Waals surface area contributed by atoms with Crippen LogP contribution in [0.25, 0.3) is 0 Å². The Morgan fingerprint density at radius 3 is 2.88 bits per heavy atom. The van der Waals surface area contributed by atoms with Crippen LogP contribution in [0.5, 0.6) is 5.75 Å². The molecule has 1 aliphatic heterocycles. The number of benzene rings is 1. The summed E-state index contributed by atoms with van der Waals surface area (Å²) < 4.78 is 7.09. The lowest BCUT2D eigenvalue weighted by atomic mass is 9.75. The van der Waals surface area contributed by atoms with Gasteiger partial charge in [0.15, 0.2) is 5.82 Å². The van der Waals surface area contributed by atoms with E-state index in [0.717, 1.165) is 17.1 Å². The summed E-state index contributed by atoms with van der Waals surface area (Å²) in [6, 6.07) is 7.69. The summed E-state index contributed by atoms with van der Waals surface area (Å²) in [7, 11) is 3.52. The normalized spacial score (nSPS) is 17.0. The van der Waals surface area contributed by atoms with E-state index < -0.39 is 5.41 Å². The van der Waals surface area contributed by atoms with Crippen molar-refractivity contribution in [3.05, 3.63) is 42.0 Å². The van der Waals surface area contributed by atoms with Gasteiger partial charge >= 0.3 is 0 Å². The van der Waals surface area contributed by atoms with Crippen LogP contribution in [0.2, 0.25) is 0 Å². The molecule has 2 heterocycles. The zero-order valence-electron chi connectivity index (χ0n) is 14.2. The predicted molar refractivity (Wildman–Crippen MR) is 89.6 cm³/mol. The molecule has 0 bridgehead atoms. The molecule has 1 fully saturated rings. The first-order valence-corrected chi connectivity index (χ1v) is 8.02. The monoisotopic (exact) mass is 329 g/mol. The Morgan fingerprint density at radius 1 is 1.50 bits per heavy atom. The van der Waals surface area contributed by atoms with Gasteiger partial charge < -0.3 is 19.9 Å². The fraction of sp³-hybridized carbons (Fsp3) is 0.471. The van der Waals surface area contributed by atoms with Crippen LogP contribution < -0.4 is 15.4 Å². The molecule has 0 radical (unpaired) electrons. The summed E-state index contributed by atoms with van der Waals surface area (Å²) >= 11 is 0. The highest BCUT2D eigenvalue weighted by atomic mass is 16.5. The first kappa shape index (κ1) is 16.4. The van der Waals surface area contributed by atoms with Crippen molar-refractivity contribution in [1.29, 1.82) is 0 Å². The molecular formula is C17H23N5O2. The number of hydrogen-bond acceptors (Lipinski definition) is 5. The summed E-state index contributed by atoms with van der Waals surface area (Å²) in [4.78, 5) is 12.9. The average Bonchev–Trinajstić information content (AvgIpc) is 2.97. The molecule has 1 amide bonds. The zero-order valence-corrected chi connectivity index (χ0v) is 14.2. The van der Waals surface area contributed by atoms with Crippen molar-refractivity contribution in [1.82, 2.24) is 25.4 Å². The third kappa shape index (κ3) is 3.12. The van der Waals surface area contributed by atoms with Gasteiger partial charge in [0.05, 0.1) is 18.6 Å². The van der Waals surface area contributed by atoms with Crippen LogP contribution in [0.1, 0.15) is 24.4 Å². The van der Waals surface area contributed by atoms with E-state index in [4.69, 9.17) is 4.74 Å². The molecule has 1 saturated heterocycles. The number of nitrogens with zero attached hydrogens (tertiary/aromatic N) is 3. The second-order valence-electron chi connectivity index (χ2n) is 6.41. The number of rotatable bonds is 6. The molecule has 0 saturated carbocycles. The molecule has 128 valence electrons. The molecule has 1 aromatic carbocycles. The minimum absolute atomic E-state index is 0.0413. The number of ether oxygens (including phenoxy) is 1. The Labute approximate surface area is 141 Å². The van der Waals surface area contributed by atoms with E-state index in [2.05, 4.69) is 20.8 Å². The van der Waals surface area contributed by atoms with E-state index in [1.54, 1.807) is 13.4 Å². The van der Waals surface area contributed by atoms with Crippen LogP contribution in [0.15, 0.2) is 30.6 Å². The summed E-state index contributed by atoms with van der Waals surface area (Å²) in [6.45, 7) is 3.26. The van der Waals surface area contributed by atoms with Gasteiger partial charge in [-0.2, -0.15) is 0 Å². The molecule has 1 atom stereocenters. The summed E-state index contributed by atoms with van der Waals surface area (Å²) in [5, 5.41) is 14.2. The van der Waals surface area contributed by atoms with Gasteiger partial charge in [0.1, 0.15) is 12.1 Å². The maximum absolute atomic E-state index is 12.9. The third-order valence-corrected chi connectivity index (χ3v) is 4.57. The average molecular weight is 329 g/mol. The second kappa shape index (κ2) is 6.60. The molecule has 0 spiro atoms. The van der Waals surface area contributed by atoms with E-state index in [-0.39, 0.29) is 11.9 Å². The fourth-order valence-corrected chi connectivity index (χ4v) is 3.06. The maximum Gasteiger partial charge on any atom is 0.229 e. The highest BCUT2D eigenvalue weighted by molar-refractivity contribution is 5.85. The van der Waals surface area contributed by atoms with Gasteiger partial charge in [-0.15, -0.1) is 10.2 Å². The largest absolute Gasteiger partial charge is 0.497 e. The third-order valence-electron chi connectivity index (χ3n) is 4.57. The fourth-order valence-electron chi connectivity index (χ4n) is 3.06. The highest BCUT2D eigenvalue weighted by Crippen LogP contribution is 2.30. The Bertz CT molecular complexity index is 723. The SMILES string of the molecule is COc1cccc(CC2(C(=O)NC(C)c3nncn3C)CNC2)c1. The molecule has 3 rings (SSSR count). The van der Waals surface area contributed by atoms with E-state index >= 15 is 0 Å². The molecule has 1 aliphatic rings. The van der Waals surface area contributed by atoms with E-state index in [1.165, 1.54) is 0 Å². The minimum Gasteiger partial charge on any atom is -0.497 e. The van der Waals surface area contributed by atoms with Crippen molar-refractivity contribution in [2.24, 2.45) is 12.5 Å². The number of amides is 1. The van der Waals surface area contributed by atoms with Gasteiger partial charge in [0.25, 0.3) is 0 Å². The standard InChI is InChI=1S/C17H23N5O2/c1-12(15-21-19-11-22(15)2)20-16(23)17(9-18-10-17)8-13-5-4-6-14(7-13)24-3/h4-7,11-12,18H,8-10H2,1-3H3,(H,20,23). The van der Waals surface area contributed by atoms with Crippen LogP contribution >= 0.6 is 0 Å². The van der Waals surface area contributed by atoms with Crippen molar-refractivity contribution in [3.63, 3.8) is 0 Å². The molecule has 7 heteroatoms. The number of methoxy groups -OCH3 is 1. The van der Waals surface area contributed by atoms with Crippen molar-refractivity contribution >= 4 is 5.91 Å². The number of hydrogen-bond donors (Lipinski definition) is 2. The smallest absolute Gasteiger partial charge is 0.229 e. The van der Waals surface area contributed by atoms with E-state index in [9.17, 15) is 4.79 Å². The Kier molecular flexibility index (Phi) is 4.53. The Morgan fingerprint density at radius 2 is 2.29 bits per heavy atom. The molecule has 1 aromatic heterocycles. The van der Waals surface area contributed by atoms with Gasteiger partial charge in [0, 0.05) is 20.1 Å². The number of aromatic nitrogens is 3. The summed E-state index contributed by atoms with van der Waals surface area (Å²) in [6.07, 6.45) is 2.31. The number of nitrogens with one attached hydrogen (secondary N) is 2. The second-order valence-corrected chi connectivity index (χ2v) is 6.41. The molecule has 24 heavy (non-hydrogen) atoms. The van der Waals surface area contributed by atoms with Gasteiger partial charge in [-0.3, -0.25) is 4.79 Å². The quantitative estimate of drug-likeness (QED) is 0.820. The van der Waals surface area contributed by atoms with Crippen LogP contribution in [-0.2, 0) is 18.3 Å². The van der Waals surface area contributed by atoms with Gasteiger partial charge in [-0.25, -0.2) is 0 Å². The number of aryl methyl sites for hydroxylation is 1. The van der Waals surface area contributed by atoms with E-state index in [0.29, 0.717) is 19.5 Å². The van der Waals surface area contributed by atoms with E-state index in [1.807, 2.05) is 42.8 Å². The van der Waals surface area contributed by atoms with Crippen LogP contribution in [0.3, 0.4) is 0 Å². The molecule has 7 nitrogen and oxygen atoms in total. The molecule has 2 N–H and O–H groups in total. The van der Waals surface area contributed by atoms with Crippen molar-refractivity contribution in [2.45, 2.75) is 19.4 Å². The topological polar surface area (TPSA) is 81.1 Å². The molecular weight excluding hydrogens is 306 g/mol. The Balaban J connectivity index is 1.72. The number of carbonyl (C=O) groups excluding carboxylic acids is 1. The lowest BCUT2D eigenvalue weighted by Crippen LogP contribution is -2.62. The zero-order chi connectivity index (χ0) is 17.2. The summed E-state index contributed by atoms with van der Waals surface area (Å²) in [5.74, 6) is 1.59. The van der Waals surface area contributed by atoms with Gasteiger partial charge in [0.2, 0.25) is 5.91 Å². The van der Waals surface area contributed by atoms with Crippen LogP contribution in [0, 0.1) is 5.41 Å². The first-order chi connectivity index (χ1) is 11.5. The predicted octanol–water partition coefficient (Wildman–Crippen LogP) is 0.833. The Hall–Kier alpha value is -2.41. The van der Waals surface area contributed by atoms with Gasteiger partial charge in [-0.1, -0.05) is 12.1 Å².